The van der Waals surface area contributed by atoms with Gasteiger partial charge in [-0.25, -0.2) is 4.39 Å². The van der Waals surface area contributed by atoms with Gasteiger partial charge in [0.1, 0.15) is 11.6 Å². The smallest absolute Gasteiger partial charge is 0.189 e. The molecule has 2 fully saturated rings. The van der Waals surface area contributed by atoms with Gasteiger partial charge in [0.25, 0.3) is 0 Å². The van der Waals surface area contributed by atoms with Crippen molar-refractivity contribution in [3.63, 3.8) is 0 Å². The summed E-state index contributed by atoms with van der Waals surface area (Å²) in [7, 11) is 0. The third-order valence-electron chi connectivity index (χ3n) is 4.36. The summed E-state index contributed by atoms with van der Waals surface area (Å²) in [5, 5.41) is 6.84. The normalized spacial score (nSPS) is 30.5. The van der Waals surface area contributed by atoms with Crippen LogP contribution in [-0.2, 0) is 0 Å². The Morgan fingerprint density at radius 3 is 2.80 bits per heavy atom. The van der Waals surface area contributed by atoms with E-state index in [4.69, 9.17) is 0 Å². The fourth-order valence-corrected chi connectivity index (χ4v) is 3.15. The van der Waals surface area contributed by atoms with Crippen LogP contribution in [0.2, 0.25) is 0 Å². The summed E-state index contributed by atoms with van der Waals surface area (Å²) in [6.45, 7) is 2.20. The number of hydrogen-bond donors (Lipinski definition) is 2. The quantitative estimate of drug-likeness (QED) is 0.643. The van der Waals surface area contributed by atoms with Gasteiger partial charge in [0.05, 0.1) is 11.6 Å². The lowest BCUT2D eigenvalue weighted by Gasteiger charge is -2.34. The van der Waals surface area contributed by atoms with Crippen LogP contribution in [-0.4, -0.2) is 17.4 Å². The van der Waals surface area contributed by atoms with E-state index in [1.807, 2.05) is 0 Å². The molecule has 0 spiro atoms. The molecular formula is C16H19FN2O. The van der Waals surface area contributed by atoms with Gasteiger partial charge >= 0.3 is 0 Å². The number of nitrogens with one attached hydrogen (secondary N) is 2. The van der Waals surface area contributed by atoms with Crippen LogP contribution >= 0.6 is 0 Å². The van der Waals surface area contributed by atoms with Crippen molar-refractivity contribution >= 4 is 5.78 Å². The predicted molar refractivity (Wildman–Crippen MR) is 75.7 cm³/mol. The summed E-state index contributed by atoms with van der Waals surface area (Å²) in [6.07, 6.45) is 6.28. The van der Waals surface area contributed by atoms with Crippen LogP contribution in [0.1, 0.15) is 43.0 Å². The predicted octanol–water partition coefficient (Wildman–Crippen LogP) is 2.74. The highest BCUT2D eigenvalue weighted by Gasteiger charge is 2.42. The second-order valence-electron chi connectivity index (χ2n) is 5.91. The number of carbonyl (C=O) groups is 1. The van der Waals surface area contributed by atoms with Gasteiger partial charge in [-0.1, -0.05) is 12.8 Å². The highest BCUT2D eigenvalue weighted by molar-refractivity contribution is 6.04. The van der Waals surface area contributed by atoms with Gasteiger partial charge in [-0.2, -0.15) is 0 Å². The Kier molecular flexibility index (Phi) is 3.24. The Labute approximate surface area is 118 Å². The first-order valence-corrected chi connectivity index (χ1v) is 7.13. The van der Waals surface area contributed by atoms with Crippen LogP contribution in [0.4, 0.5) is 4.39 Å². The molecular weight excluding hydrogens is 255 g/mol. The topological polar surface area (TPSA) is 41.1 Å². The lowest BCUT2D eigenvalue weighted by Crippen LogP contribution is -2.48. The number of rotatable bonds is 2. The average molecular weight is 274 g/mol. The van der Waals surface area contributed by atoms with Crippen molar-refractivity contribution < 1.29 is 9.18 Å². The zero-order valence-electron chi connectivity index (χ0n) is 11.6. The van der Waals surface area contributed by atoms with Gasteiger partial charge in [0.2, 0.25) is 0 Å². The molecule has 0 radical (unpaired) electrons. The van der Waals surface area contributed by atoms with Crippen LogP contribution in [0.3, 0.4) is 0 Å². The van der Waals surface area contributed by atoms with Crippen LogP contribution in [0.5, 0.6) is 0 Å². The monoisotopic (exact) mass is 274 g/mol. The molecule has 3 rings (SSSR count). The summed E-state index contributed by atoms with van der Waals surface area (Å²) >= 11 is 0. The molecule has 0 aromatic heterocycles. The number of halogens is 1. The number of fused-ring (bicyclic) bond motifs is 1. The van der Waals surface area contributed by atoms with Crippen LogP contribution in [0.15, 0.2) is 36.2 Å². The molecule has 3 nitrogen and oxygen atoms in total. The Hall–Kier alpha value is -1.84. The molecule has 1 aliphatic heterocycles. The zero-order valence-corrected chi connectivity index (χ0v) is 11.6. The lowest BCUT2D eigenvalue weighted by atomic mass is 9.80. The van der Waals surface area contributed by atoms with Gasteiger partial charge in [0, 0.05) is 11.6 Å². The number of carbonyl (C=O) groups excluding carboxylic acids is 1. The molecule has 1 saturated heterocycles. The standard InChI is InChI=1S/C16H19FN2O/c1-16-9-3-2-4-14(16)18-15(19-16)10-13(20)11-5-7-12(17)8-6-11/h5-8,10,14,18-19H,2-4,9H2,1H3/b15-10-/t14-,16-/m0/s1. The summed E-state index contributed by atoms with van der Waals surface area (Å²) in [4.78, 5) is 12.1. The minimum Gasteiger partial charge on any atom is -0.367 e. The first-order valence-electron chi connectivity index (χ1n) is 7.13. The molecule has 2 atom stereocenters. The Balaban J connectivity index is 1.76. The molecule has 2 N–H and O–H groups in total. The minimum atomic E-state index is -0.329. The fourth-order valence-electron chi connectivity index (χ4n) is 3.15. The van der Waals surface area contributed by atoms with E-state index >= 15 is 0 Å². The van der Waals surface area contributed by atoms with E-state index in [0.29, 0.717) is 11.6 Å². The van der Waals surface area contributed by atoms with Gasteiger partial charge < -0.3 is 10.6 Å². The van der Waals surface area contributed by atoms with E-state index in [2.05, 4.69) is 17.6 Å². The molecule has 1 heterocycles. The van der Waals surface area contributed by atoms with Gasteiger partial charge in [0.15, 0.2) is 5.78 Å². The van der Waals surface area contributed by atoms with Crippen molar-refractivity contribution in [3.05, 3.63) is 47.5 Å². The second-order valence-corrected chi connectivity index (χ2v) is 5.91. The summed E-state index contributed by atoms with van der Waals surface area (Å²) in [5.41, 5.74) is 0.551. The van der Waals surface area contributed by atoms with Crippen molar-refractivity contribution in [2.24, 2.45) is 0 Å². The van der Waals surface area contributed by atoms with E-state index in [1.54, 1.807) is 6.08 Å². The molecule has 0 unspecified atom stereocenters. The maximum atomic E-state index is 12.9. The molecule has 1 aromatic carbocycles. The van der Waals surface area contributed by atoms with Crippen molar-refractivity contribution in [2.45, 2.75) is 44.2 Å². The number of ketones is 1. The molecule has 2 aliphatic rings. The summed E-state index contributed by atoms with van der Waals surface area (Å²) < 4.78 is 12.9. The summed E-state index contributed by atoms with van der Waals surface area (Å²) in [5.74, 6) is 0.348. The van der Waals surface area contributed by atoms with Crippen molar-refractivity contribution in [2.75, 3.05) is 0 Å². The van der Waals surface area contributed by atoms with Gasteiger partial charge in [-0.05, 0) is 44.0 Å². The third-order valence-corrected chi connectivity index (χ3v) is 4.36. The zero-order chi connectivity index (χ0) is 14.2. The van der Waals surface area contributed by atoms with Crippen molar-refractivity contribution in [3.8, 4) is 0 Å². The van der Waals surface area contributed by atoms with E-state index in [0.717, 1.165) is 18.7 Å². The van der Waals surface area contributed by atoms with Gasteiger partial charge in [-0.3, -0.25) is 4.79 Å². The SMILES string of the molecule is C[C@]12CCCC[C@@H]1N/C(=C/C(=O)c1ccc(F)cc1)N2. The first kappa shape index (κ1) is 13.2. The molecule has 4 heteroatoms. The molecule has 106 valence electrons. The molecule has 0 bridgehead atoms. The lowest BCUT2D eigenvalue weighted by molar-refractivity contribution is 0.104. The molecule has 0 amide bonds. The van der Waals surface area contributed by atoms with Gasteiger partial charge in [-0.15, -0.1) is 0 Å². The van der Waals surface area contributed by atoms with Crippen LogP contribution in [0.25, 0.3) is 0 Å². The average Bonchev–Trinajstić information content (AvgIpc) is 2.75. The van der Waals surface area contributed by atoms with Crippen LogP contribution < -0.4 is 10.6 Å². The first-order chi connectivity index (χ1) is 9.57. The molecule has 1 aromatic rings. The highest BCUT2D eigenvalue weighted by Crippen LogP contribution is 2.33. The molecule has 1 aliphatic carbocycles. The maximum absolute atomic E-state index is 12.9. The molecule has 1 saturated carbocycles. The minimum absolute atomic E-state index is 0.0488. The van der Waals surface area contributed by atoms with Crippen molar-refractivity contribution in [1.29, 1.82) is 0 Å². The van der Waals surface area contributed by atoms with Crippen LogP contribution in [0, 0.1) is 5.82 Å². The number of allylic oxidation sites excluding steroid dienone is 1. The van der Waals surface area contributed by atoms with E-state index in [9.17, 15) is 9.18 Å². The highest BCUT2D eigenvalue weighted by atomic mass is 19.1. The Morgan fingerprint density at radius 2 is 2.10 bits per heavy atom. The van der Waals surface area contributed by atoms with E-state index < -0.39 is 0 Å². The second kappa shape index (κ2) is 4.93. The van der Waals surface area contributed by atoms with E-state index in [1.165, 1.54) is 37.1 Å². The summed E-state index contributed by atoms with van der Waals surface area (Å²) in [6, 6.07) is 6.03. The Bertz CT molecular complexity index is 552. The third kappa shape index (κ3) is 2.42. The maximum Gasteiger partial charge on any atom is 0.189 e. The fraction of sp³-hybridized carbons (Fsp3) is 0.438. The Morgan fingerprint density at radius 1 is 1.35 bits per heavy atom. The van der Waals surface area contributed by atoms with Crippen molar-refractivity contribution in [1.82, 2.24) is 10.6 Å². The molecule has 20 heavy (non-hydrogen) atoms. The van der Waals surface area contributed by atoms with E-state index in [-0.39, 0.29) is 17.1 Å². The number of benzene rings is 1. The largest absolute Gasteiger partial charge is 0.367 e. The number of hydrogen-bond acceptors (Lipinski definition) is 3.